The first-order valence-electron chi connectivity index (χ1n) is 8.48. The number of hydrogen-bond acceptors (Lipinski definition) is 7. The van der Waals surface area contributed by atoms with Crippen LogP contribution in [0.2, 0.25) is 0 Å². The number of hydroxylamine groups is 1. The molecule has 0 radical (unpaired) electrons. The van der Waals surface area contributed by atoms with Crippen LogP contribution in [-0.2, 0) is 4.84 Å². The molecule has 28 heavy (non-hydrogen) atoms. The van der Waals surface area contributed by atoms with Gasteiger partial charge in [-0.15, -0.1) is 10.2 Å². The van der Waals surface area contributed by atoms with Crippen LogP contribution in [-0.4, -0.2) is 50.0 Å². The van der Waals surface area contributed by atoms with Gasteiger partial charge < -0.3 is 15.5 Å². The van der Waals surface area contributed by atoms with E-state index in [2.05, 4.69) is 43.6 Å². The number of halogens is 1. The second-order valence-corrected chi connectivity index (χ2v) is 7.48. The second-order valence-electron chi connectivity index (χ2n) is 6.24. The fourth-order valence-electron chi connectivity index (χ4n) is 2.56. The van der Waals surface area contributed by atoms with Crippen LogP contribution >= 0.6 is 22.6 Å². The second kappa shape index (κ2) is 8.82. The highest BCUT2D eigenvalue weighted by Crippen LogP contribution is 2.26. The van der Waals surface area contributed by atoms with E-state index in [-0.39, 0.29) is 6.61 Å². The van der Waals surface area contributed by atoms with Crippen molar-refractivity contribution in [2.45, 2.75) is 20.0 Å². The van der Waals surface area contributed by atoms with Crippen molar-refractivity contribution in [3.8, 4) is 0 Å². The Morgan fingerprint density at radius 2 is 2.07 bits per heavy atom. The lowest BCUT2D eigenvalue weighted by molar-refractivity contribution is -0.0295. The zero-order chi connectivity index (χ0) is 20.3. The average Bonchev–Trinajstić information content (AvgIpc) is 3.03. The van der Waals surface area contributed by atoms with E-state index < -0.39 is 18.6 Å². The Morgan fingerprint density at radius 1 is 1.29 bits per heavy atom. The van der Waals surface area contributed by atoms with Gasteiger partial charge in [0.25, 0.3) is 5.91 Å². The summed E-state index contributed by atoms with van der Waals surface area (Å²) in [7, 11) is 0. The molecule has 3 aromatic rings. The number of anilines is 2. The molecule has 148 valence electrons. The van der Waals surface area contributed by atoms with Crippen molar-refractivity contribution in [3.63, 3.8) is 0 Å². The van der Waals surface area contributed by atoms with Gasteiger partial charge >= 0.3 is 0 Å². The van der Waals surface area contributed by atoms with Gasteiger partial charge in [-0.2, -0.15) is 0 Å². The fraction of sp³-hybridized carbons (Fsp3) is 0.278. The summed E-state index contributed by atoms with van der Waals surface area (Å²) in [6, 6.07) is 7.66. The predicted molar refractivity (Wildman–Crippen MR) is 111 cm³/mol. The van der Waals surface area contributed by atoms with E-state index in [9.17, 15) is 9.90 Å². The highest BCUT2D eigenvalue weighted by Gasteiger charge is 2.17. The summed E-state index contributed by atoms with van der Waals surface area (Å²) in [5.74, 6) is 0.128. The number of aromatic nitrogens is 3. The van der Waals surface area contributed by atoms with Gasteiger partial charge in [-0.25, -0.2) is 5.48 Å². The molecule has 3 rings (SSSR count). The van der Waals surface area contributed by atoms with Crippen molar-refractivity contribution in [1.82, 2.24) is 20.1 Å². The number of benzene rings is 1. The van der Waals surface area contributed by atoms with E-state index in [1.54, 1.807) is 23.6 Å². The quantitative estimate of drug-likeness (QED) is 0.290. The summed E-state index contributed by atoms with van der Waals surface area (Å²) < 4.78 is 2.81. The maximum absolute atomic E-state index is 12.7. The minimum atomic E-state index is -1.07. The molecule has 2 aromatic heterocycles. The molecule has 0 aliphatic carbocycles. The van der Waals surface area contributed by atoms with Crippen molar-refractivity contribution in [3.05, 3.63) is 51.0 Å². The van der Waals surface area contributed by atoms with Crippen molar-refractivity contribution in [2.24, 2.45) is 0 Å². The molecule has 9 nitrogen and oxygen atoms in total. The number of pyridine rings is 1. The Morgan fingerprint density at radius 3 is 2.79 bits per heavy atom. The normalized spacial score (nSPS) is 12.2. The molecule has 0 saturated heterocycles. The summed E-state index contributed by atoms with van der Waals surface area (Å²) in [4.78, 5) is 17.7. The zero-order valence-electron chi connectivity index (χ0n) is 15.3. The first kappa shape index (κ1) is 20.5. The predicted octanol–water partition coefficient (Wildman–Crippen LogP) is 1.71. The first-order valence-corrected chi connectivity index (χ1v) is 9.56. The number of carbonyl (C=O) groups excluding carboxylic acids is 1. The highest BCUT2D eigenvalue weighted by atomic mass is 127. The van der Waals surface area contributed by atoms with Gasteiger partial charge in [0.05, 0.1) is 17.9 Å². The molecule has 0 aliphatic heterocycles. The lowest BCUT2D eigenvalue weighted by Crippen LogP contribution is -2.30. The average molecular weight is 497 g/mol. The molecule has 2 heterocycles. The smallest absolute Gasteiger partial charge is 0.278 e. The molecule has 0 aliphatic rings. The maximum atomic E-state index is 12.7. The van der Waals surface area contributed by atoms with Crippen LogP contribution < -0.4 is 10.8 Å². The number of nitrogens with zero attached hydrogens (tertiary/aromatic N) is 3. The van der Waals surface area contributed by atoms with Gasteiger partial charge in [0, 0.05) is 21.5 Å². The van der Waals surface area contributed by atoms with E-state index in [1.165, 1.54) is 0 Å². The number of carbonyl (C=O) groups is 1. The van der Waals surface area contributed by atoms with Gasteiger partial charge in [-0.05, 0) is 60.2 Å². The van der Waals surface area contributed by atoms with Gasteiger partial charge in [0.2, 0.25) is 0 Å². The van der Waals surface area contributed by atoms with Crippen LogP contribution in [0.4, 0.5) is 11.4 Å². The van der Waals surface area contributed by atoms with Crippen LogP contribution in [0.15, 0.2) is 30.5 Å². The van der Waals surface area contributed by atoms with E-state index in [0.29, 0.717) is 22.7 Å². The van der Waals surface area contributed by atoms with Crippen LogP contribution in [0.5, 0.6) is 0 Å². The topological polar surface area (TPSA) is 121 Å². The molecule has 0 fully saturated rings. The number of aliphatic hydroxyl groups is 2. The Hall–Kier alpha value is -2.28. The van der Waals surface area contributed by atoms with E-state index in [1.807, 2.05) is 25.1 Å². The van der Waals surface area contributed by atoms with E-state index in [0.717, 1.165) is 14.8 Å². The Bertz CT molecular complexity index is 1010. The maximum Gasteiger partial charge on any atom is 0.278 e. The third-order valence-electron chi connectivity index (χ3n) is 4.07. The number of amides is 1. The lowest BCUT2D eigenvalue weighted by Gasteiger charge is -2.15. The highest BCUT2D eigenvalue weighted by molar-refractivity contribution is 14.1. The Balaban J connectivity index is 1.93. The Kier molecular flexibility index (Phi) is 6.44. The van der Waals surface area contributed by atoms with Crippen LogP contribution in [0.25, 0.3) is 5.65 Å². The molecule has 4 N–H and O–H groups in total. The van der Waals surface area contributed by atoms with Gasteiger partial charge in [0.15, 0.2) is 5.65 Å². The molecule has 0 bridgehead atoms. The standard InChI is InChI=1S/C18H20IN5O4/c1-10-5-12(19)3-4-15(10)20-16-6-17-22-21-11(2)24(17)7-14(16)18(27)23-28-9-13(26)8-25/h3-7,13,20,25-26H,8-9H2,1-2H3,(H,23,27)/t13-/m0/s1. The monoisotopic (exact) mass is 497 g/mol. The summed E-state index contributed by atoms with van der Waals surface area (Å²) in [6.07, 6.45) is 0.547. The largest absolute Gasteiger partial charge is 0.394 e. The first-order chi connectivity index (χ1) is 13.4. The number of fused-ring (bicyclic) bond motifs is 1. The number of aryl methyl sites for hydroxylation is 2. The molecular weight excluding hydrogens is 477 g/mol. The van der Waals surface area contributed by atoms with Crippen molar-refractivity contribution < 1.29 is 19.8 Å². The third kappa shape index (κ3) is 4.58. The molecule has 10 heteroatoms. The molecule has 0 spiro atoms. The van der Waals surface area contributed by atoms with E-state index >= 15 is 0 Å². The number of rotatable bonds is 7. The van der Waals surface area contributed by atoms with Gasteiger partial charge in [0.1, 0.15) is 18.5 Å². The molecule has 0 saturated carbocycles. The minimum Gasteiger partial charge on any atom is -0.394 e. The summed E-state index contributed by atoms with van der Waals surface area (Å²) in [5, 5.41) is 29.6. The summed E-state index contributed by atoms with van der Waals surface area (Å²) in [6.45, 7) is 3.07. The fourth-order valence-corrected chi connectivity index (χ4v) is 3.20. The number of hydrogen-bond donors (Lipinski definition) is 4. The van der Waals surface area contributed by atoms with Gasteiger partial charge in [-0.3, -0.25) is 14.0 Å². The number of aliphatic hydroxyl groups excluding tert-OH is 2. The molecular formula is C18H20IN5O4. The van der Waals surface area contributed by atoms with Crippen LogP contribution in [0.3, 0.4) is 0 Å². The summed E-state index contributed by atoms with van der Waals surface area (Å²) in [5.41, 5.74) is 5.61. The van der Waals surface area contributed by atoms with Crippen molar-refractivity contribution in [1.29, 1.82) is 0 Å². The van der Waals surface area contributed by atoms with Crippen molar-refractivity contribution >= 4 is 45.5 Å². The van der Waals surface area contributed by atoms with Crippen molar-refractivity contribution in [2.75, 3.05) is 18.5 Å². The molecule has 0 unspecified atom stereocenters. The molecule has 1 aromatic carbocycles. The molecule has 1 atom stereocenters. The number of nitrogens with one attached hydrogen (secondary N) is 2. The Labute approximate surface area is 174 Å². The van der Waals surface area contributed by atoms with Crippen LogP contribution in [0, 0.1) is 17.4 Å². The van der Waals surface area contributed by atoms with E-state index in [4.69, 9.17) is 9.94 Å². The minimum absolute atomic E-state index is 0.227. The lowest BCUT2D eigenvalue weighted by atomic mass is 10.1. The van der Waals surface area contributed by atoms with Crippen LogP contribution in [0.1, 0.15) is 21.7 Å². The summed E-state index contributed by atoms with van der Waals surface area (Å²) >= 11 is 2.24. The van der Waals surface area contributed by atoms with Gasteiger partial charge in [-0.1, -0.05) is 0 Å². The third-order valence-corrected chi connectivity index (χ3v) is 4.74. The zero-order valence-corrected chi connectivity index (χ0v) is 17.5. The SMILES string of the molecule is Cc1cc(I)ccc1Nc1cc2nnc(C)n2cc1C(=O)NOC[C@@H](O)CO. The molecule has 1 amide bonds.